The maximum Gasteiger partial charge on any atom is 0.246 e. The van der Waals surface area contributed by atoms with Gasteiger partial charge in [0.05, 0.1) is 19.1 Å². The Balaban J connectivity index is 1.79. The molecular weight excluding hydrogens is 402 g/mol. The fourth-order valence-corrected chi connectivity index (χ4v) is 5.02. The van der Waals surface area contributed by atoms with E-state index in [9.17, 15) is 13.2 Å². The standard InChI is InChI=1S/C22H29N3O4S/c1-4-21(25(30(3,27)28)19-11-8-12-20(17-19)29-2)22(26)24-15-13-23(14-16-24)18-9-6-5-7-10-18/h5-12,17,21H,4,13-16H2,1-3H3. The van der Waals surface area contributed by atoms with Crippen molar-refractivity contribution in [3.8, 4) is 5.75 Å². The highest BCUT2D eigenvalue weighted by molar-refractivity contribution is 7.92. The Morgan fingerprint density at radius 1 is 1.07 bits per heavy atom. The molecule has 0 aliphatic carbocycles. The van der Waals surface area contributed by atoms with Gasteiger partial charge in [-0.15, -0.1) is 0 Å². The molecule has 0 N–H and O–H groups in total. The van der Waals surface area contributed by atoms with Gasteiger partial charge in [0.25, 0.3) is 0 Å². The van der Waals surface area contributed by atoms with Crippen LogP contribution in [0.1, 0.15) is 13.3 Å². The molecule has 8 heteroatoms. The van der Waals surface area contributed by atoms with Gasteiger partial charge in [-0.2, -0.15) is 0 Å². The van der Waals surface area contributed by atoms with Crippen LogP contribution in [0.5, 0.6) is 5.75 Å². The smallest absolute Gasteiger partial charge is 0.246 e. The lowest BCUT2D eigenvalue weighted by molar-refractivity contribution is -0.132. The maximum atomic E-state index is 13.4. The Bertz CT molecular complexity index is 957. The summed E-state index contributed by atoms with van der Waals surface area (Å²) in [4.78, 5) is 17.4. The number of carbonyl (C=O) groups is 1. The Morgan fingerprint density at radius 2 is 1.73 bits per heavy atom. The van der Waals surface area contributed by atoms with Crippen LogP contribution in [0.3, 0.4) is 0 Å². The molecule has 2 aromatic rings. The zero-order chi connectivity index (χ0) is 21.7. The van der Waals surface area contributed by atoms with Gasteiger partial charge < -0.3 is 14.5 Å². The van der Waals surface area contributed by atoms with Crippen LogP contribution in [0.4, 0.5) is 11.4 Å². The molecular formula is C22H29N3O4S. The number of nitrogens with zero attached hydrogens (tertiary/aromatic N) is 3. The van der Waals surface area contributed by atoms with E-state index in [2.05, 4.69) is 17.0 Å². The first-order chi connectivity index (χ1) is 14.3. The van der Waals surface area contributed by atoms with Crippen molar-refractivity contribution in [2.75, 3.05) is 48.7 Å². The first-order valence-corrected chi connectivity index (χ1v) is 11.9. The fourth-order valence-electron chi connectivity index (χ4n) is 3.83. The normalized spacial score (nSPS) is 15.6. The van der Waals surface area contributed by atoms with Crippen molar-refractivity contribution in [2.45, 2.75) is 19.4 Å². The summed E-state index contributed by atoms with van der Waals surface area (Å²) in [6.45, 7) is 4.37. The molecule has 1 atom stereocenters. The minimum Gasteiger partial charge on any atom is -0.497 e. The van der Waals surface area contributed by atoms with Crippen LogP contribution in [0.25, 0.3) is 0 Å². The summed E-state index contributed by atoms with van der Waals surface area (Å²) >= 11 is 0. The number of hydrogen-bond donors (Lipinski definition) is 0. The average Bonchev–Trinajstić information content (AvgIpc) is 2.76. The van der Waals surface area contributed by atoms with Crippen LogP contribution >= 0.6 is 0 Å². The van der Waals surface area contributed by atoms with E-state index in [1.165, 1.54) is 11.4 Å². The topological polar surface area (TPSA) is 70.2 Å². The Hall–Kier alpha value is -2.74. The lowest BCUT2D eigenvalue weighted by atomic mass is 10.1. The second kappa shape index (κ2) is 9.38. The zero-order valence-corrected chi connectivity index (χ0v) is 18.5. The van der Waals surface area contributed by atoms with Gasteiger partial charge in [-0.05, 0) is 30.7 Å². The van der Waals surface area contributed by atoms with Gasteiger partial charge in [-0.25, -0.2) is 8.42 Å². The highest BCUT2D eigenvalue weighted by Crippen LogP contribution is 2.27. The summed E-state index contributed by atoms with van der Waals surface area (Å²) in [6, 6.07) is 16.1. The molecule has 3 rings (SSSR count). The minimum absolute atomic E-state index is 0.168. The van der Waals surface area contributed by atoms with Gasteiger partial charge in [0, 0.05) is 37.9 Å². The van der Waals surface area contributed by atoms with Crippen LogP contribution in [-0.4, -0.2) is 64.8 Å². The number of anilines is 2. The van der Waals surface area contributed by atoms with Gasteiger partial charge in [0.1, 0.15) is 11.8 Å². The van der Waals surface area contributed by atoms with Crippen molar-refractivity contribution in [1.29, 1.82) is 0 Å². The number of methoxy groups -OCH3 is 1. The third-order valence-electron chi connectivity index (χ3n) is 5.33. The number of ether oxygens (including phenoxy) is 1. The first kappa shape index (κ1) is 22.0. The molecule has 0 saturated carbocycles. The van der Waals surface area contributed by atoms with E-state index in [-0.39, 0.29) is 5.91 Å². The summed E-state index contributed by atoms with van der Waals surface area (Å²) in [7, 11) is -2.15. The third-order valence-corrected chi connectivity index (χ3v) is 6.51. The Morgan fingerprint density at radius 3 is 2.30 bits per heavy atom. The molecule has 1 saturated heterocycles. The molecule has 1 unspecified atom stereocenters. The largest absolute Gasteiger partial charge is 0.497 e. The molecule has 1 heterocycles. The Kier molecular flexibility index (Phi) is 6.87. The molecule has 1 amide bonds. The van der Waals surface area contributed by atoms with Gasteiger partial charge >= 0.3 is 0 Å². The molecule has 1 fully saturated rings. The molecule has 7 nitrogen and oxygen atoms in total. The average molecular weight is 432 g/mol. The number of carbonyl (C=O) groups excluding carboxylic acids is 1. The van der Waals surface area contributed by atoms with E-state index in [1.54, 1.807) is 29.2 Å². The predicted molar refractivity (Wildman–Crippen MR) is 120 cm³/mol. The number of benzene rings is 2. The number of amides is 1. The maximum absolute atomic E-state index is 13.4. The lowest BCUT2D eigenvalue weighted by Crippen LogP contribution is -2.56. The SMILES string of the molecule is CCC(C(=O)N1CCN(c2ccccc2)CC1)N(c1cccc(OC)c1)S(C)(=O)=O. The molecule has 0 radical (unpaired) electrons. The van der Waals surface area contributed by atoms with E-state index in [0.29, 0.717) is 44.0 Å². The highest BCUT2D eigenvalue weighted by atomic mass is 32.2. The van der Waals surface area contributed by atoms with E-state index < -0.39 is 16.1 Å². The van der Waals surface area contributed by atoms with Gasteiger partial charge in [-0.1, -0.05) is 31.2 Å². The van der Waals surface area contributed by atoms with Crippen molar-refractivity contribution in [2.24, 2.45) is 0 Å². The van der Waals surface area contributed by atoms with Crippen molar-refractivity contribution >= 4 is 27.3 Å². The second-order valence-electron chi connectivity index (χ2n) is 7.33. The van der Waals surface area contributed by atoms with Crippen LogP contribution in [0.15, 0.2) is 54.6 Å². The van der Waals surface area contributed by atoms with Crippen molar-refractivity contribution in [1.82, 2.24) is 4.90 Å². The van der Waals surface area contributed by atoms with Gasteiger partial charge in [0.2, 0.25) is 15.9 Å². The van der Waals surface area contributed by atoms with E-state index >= 15 is 0 Å². The number of rotatable bonds is 7. The molecule has 0 spiro atoms. The summed E-state index contributed by atoms with van der Waals surface area (Å²) in [5.74, 6) is 0.374. The molecule has 162 valence electrons. The molecule has 0 aromatic heterocycles. The molecule has 2 aromatic carbocycles. The second-order valence-corrected chi connectivity index (χ2v) is 9.19. The number of sulfonamides is 1. The summed E-state index contributed by atoms with van der Waals surface area (Å²) in [5.41, 5.74) is 1.56. The van der Waals surface area contributed by atoms with Crippen LogP contribution in [0, 0.1) is 0 Å². The molecule has 1 aliphatic rings. The quantitative estimate of drug-likeness (QED) is 0.674. The third kappa shape index (κ3) is 4.87. The van der Waals surface area contributed by atoms with E-state index in [0.717, 1.165) is 11.9 Å². The fraction of sp³-hybridized carbons (Fsp3) is 0.409. The number of hydrogen-bond acceptors (Lipinski definition) is 5. The summed E-state index contributed by atoms with van der Waals surface area (Å²) in [5, 5.41) is 0. The Labute approximate surface area is 178 Å². The van der Waals surface area contributed by atoms with Crippen LogP contribution in [0.2, 0.25) is 0 Å². The lowest BCUT2D eigenvalue weighted by Gasteiger charge is -2.39. The molecule has 1 aliphatic heterocycles. The monoisotopic (exact) mass is 431 g/mol. The zero-order valence-electron chi connectivity index (χ0n) is 17.7. The summed E-state index contributed by atoms with van der Waals surface area (Å²) < 4.78 is 31.8. The minimum atomic E-state index is -3.67. The van der Waals surface area contributed by atoms with Gasteiger partial charge in [-0.3, -0.25) is 9.10 Å². The van der Waals surface area contributed by atoms with Gasteiger partial charge in [0.15, 0.2) is 0 Å². The van der Waals surface area contributed by atoms with Crippen molar-refractivity contribution in [3.63, 3.8) is 0 Å². The van der Waals surface area contributed by atoms with Crippen molar-refractivity contribution in [3.05, 3.63) is 54.6 Å². The van der Waals surface area contributed by atoms with Crippen molar-refractivity contribution < 1.29 is 17.9 Å². The number of piperazine rings is 1. The van der Waals surface area contributed by atoms with E-state index in [4.69, 9.17) is 4.74 Å². The molecule has 0 bridgehead atoms. The predicted octanol–water partition coefficient (Wildman–Crippen LogP) is 2.59. The van der Waals surface area contributed by atoms with Crippen LogP contribution in [-0.2, 0) is 14.8 Å². The van der Waals surface area contributed by atoms with E-state index in [1.807, 2.05) is 25.1 Å². The number of para-hydroxylation sites is 1. The first-order valence-electron chi connectivity index (χ1n) is 10.1. The van der Waals surface area contributed by atoms with Crippen LogP contribution < -0.4 is 13.9 Å². The summed E-state index contributed by atoms with van der Waals surface area (Å²) in [6.07, 6.45) is 1.51. The molecule has 30 heavy (non-hydrogen) atoms. The highest BCUT2D eigenvalue weighted by Gasteiger charge is 2.35.